The molecular weight excluding hydrogens is 410 g/mol. The molecule has 1 fully saturated rings. The summed E-state index contributed by atoms with van der Waals surface area (Å²) in [6.45, 7) is 3.97. The Morgan fingerprint density at radius 3 is 2.59 bits per heavy atom. The number of rotatable bonds is 10. The predicted molar refractivity (Wildman–Crippen MR) is 122 cm³/mol. The van der Waals surface area contributed by atoms with Gasteiger partial charge in [0.05, 0.1) is 24.9 Å². The van der Waals surface area contributed by atoms with E-state index in [0.717, 1.165) is 12.1 Å². The molecule has 0 radical (unpaired) electrons. The number of methoxy groups -OCH3 is 2. The molecule has 0 bridgehead atoms. The average molecular weight is 442 g/mol. The summed E-state index contributed by atoms with van der Waals surface area (Å²) in [5.74, 6) is 1.07. The lowest BCUT2D eigenvalue weighted by atomic mass is 10.2. The Bertz CT molecular complexity index is 899. The zero-order valence-electron chi connectivity index (χ0n) is 18.7. The van der Waals surface area contributed by atoms with Crippen LogP contribution in [0.25, 0.3) is 0 Å². The van der Waals surface area contributed by atoms with Crippen LogP contribution in [0.2, 0.25) is 0 Å². The molecular formula is C23H31N5O4. The number of aromatic nitrogens is 1. The van der Waals surface area contributed by atoms with E-state index < -0.39 is 0 Å². The fourth-order valence-corrected chi connectivity index (χ4v) is 3.54. The van der Waals surface area contributed by atoms with E-state index in [9.17, 15) is 9.59 Å². The Hall–Kier alpha value is -3.17. The summed E-state index contributed by atoms with van der Waals surface area (Å²) in [5.41, 5.74) is 1.24. The zero-order chi connectivity index (χ0) is 22.8. The molecule has 2 aromatic rings. The SMILES string of the molecule is COCCCNC(=O)CN1CCN(C(=O)c2cccnc2Nc2ccccc2OC)CC1. The van der Waals surface area contributed by atoms with E-state index in [0.29, 0.717) is 63.0 Å². The highest BCUT2D eigenvalue weighted by Gasteiger charge is 2.25. The summed E-state index contributed by atoms with van der Waals surface area (Å²) < 4.78 is 10.4. The van der Waals surface area contributed by atoms with Crippen molar-refractivity contribution in [3.8, 4) is 5.75 Å². The summed E-state index contributed by atoms with van der Waals surface area (Å²) in [5, 5.41) is 6.12. The Morgan fingerprint density at radius 1 is 1.06 bits per heavy atom. The summed E-state index contributed by atoms with van der Waals surface area (Å²) in [7, 11) is 3.25. The normalized spacial score (nSPS) is 14.1. The third-order valence-electron chi connectivity index (χ3n) is 5.27. The molecule has 2 N–H and O–H groups in total. The van der Waals surface area contributed by atoms with Gasteiger partial charge in [0.2, 0.25) is 5.91 Å². The number of nitrogens with zero attached hydrogens (tertiary/aromatic N) is 3. The monoisotopic (exact) mass is 441 g/mol. The number of ether oxygens (including phenoxy) is 2. The molecule has 1 aromatic heterocycles. The minimum absolute atomic E-state index is 0.00330. The van der Waals surface area contributed by atoms with Crippen molar-refractivity contribution in [1.82, 2.24) is 20.1 Å². The molecule has 0 atom stereocenters. The van der Waals surface area contributed by atoms with Crippen LogP contribution >= 0.6 is 0 Å². The molecule has 1 aromatic carbocycles. The number of carbonyl (C=O) groups is 2. The van der Waals surface area contributed by atoms with Crippen LogP contribution < -0.4 is 15.4 Å². The van der Waals surface area contributed by atoms with Crippen molar-refractivity contribution in [3.63, 3.8) is 0 Å². The third-order valence-corrected chi connectivity index (χ3v) is 5.27. The zero-order valence-corrected chi connectivity index (χ0v) is 18.7. The van der Waals surface area contributed by atoms with Gasteiger partial charge in [-0.15, -0.1) is 0 Å². The molecule has 9 nitrogen and oxygen atoms in total. The quantitative estimate of drug-likeness (QED) is 0.542. The molecule has 0 aliphatic carbocycles. The van der Waals surface area contributed by atoms with Crippen LogP contribution in [0, 0.1) is 0 Å². The van der Waals surface area contributed by atoms with Gasteiger partial charge in [-0.05, 0) is 30.7 Å². The maximum atomic E-state index is 13.2. The minimum Gasteiger partial charge on any atom is -0.495 e. The van der Waals surface area contributed by atoms with Crippen molar-refractivity contribution in [1.29, 1.82) is 0 Å². The predicted octanol–water partition coefficient (Wildman–Crippen LogP) is 1.74. The van der Waals surface area contributed by atoms with E-state index >= 15 is 0 Å². The maximum Gasteiger partial charge on any atom is 0.257 e. The number of para-hydroxylation sites is 2. The molecule has 0 unspecified atom stereocenters. The first kappa shape index (κ1) is 23.5. The number of anilines is 2. The standard InChI is InChI=1S/C23H31N5O4/c1-31-16-6-11-24-21(29)17-27-12-14-28(15-13-27)23(30)18-7-5-10-25-22(18)26-19-8-3-4-9-20(19)32-2/h3-5,7-10H,6,11-17H2,1-2H3,(H,24,29)(H,25,26). The third kappa shape index (κ3) is 6.41. The molecule has 2 heterocycles. The molecule has 2 amide bonds. The first-order valence-electron chi connectivity index (χ1n) is 10.7. The van der Waals surface area contributed by atoms with Crippen LogP contribution in [0.3, 0.4) is 0 Å². The summed E-state index contributed by atoms with van der Waals surface area (Å²) >= 11 is 0. The fourth-order valence-electron chi connectivity index (χ4n) is 3.54. The Labute approximate surface area is 188 Å². The molecule has 3 rings (SSSR count). The van der Waals surface area contributed by atoms with Crippen molar-refractivity contribution in [2.45, 2.75) is 6.42 Å². The Kier molecular flexibility index (Phi) is 8.82. The van der Waals surface area contributed by atoms with Gasteiger partial charge in [0.15, 0.2) is 0 Å². The van der Waals surface area contributed by atoms with Crippen LogP contribution in [-0.2, 0) is 9.53 Å². The van der Waals surface area contributed by atoms with Gasteiger partial charge in [0.1, 0.15) is 11.6 Å². The topological polar surface area (TPSA) is 96.0 Å². The number of nitrogens with one attached hydrogen (secondary N) is 2. The van der Waals surface area contributed by atoms with Crippen LogP contribution in [0.4, 0.5) is 11.5 Å². The minimum atomic E-state index is -0.0841. The van der Waals surface area contributed by atoms with Gasteiger partial charge in [-0.3, -0.25) is 14.5 Å². The van der Waals surface area contributed by atoms with Crippen molar-refractivity contribution in [3.05, 3.63) is 48.2 Å². The van der Waals surface area contributed by atoms with Crippen LogP contribution in [0.5, 0.6) is 5.75 Å². The van der Waals surface area contributed by atoms with Crippen molar-refractivity contribution >= 4 is 23.3 Å². The lowest BCUT2D eigenvalue weighted by Crippen LogP contribution is -2.51. The second-order valence-corrected chi connectivity index (χ2v) is 7.49. The average Bonchev–Trinajstić information content (AvgIpc) is 2.82. The first-order chi connectivity index (χ1) is 15.6. The Balaban J connectivity index is 1.56. The first-order valence-corrected chi connectivity index (χ1v) is 10.7. The number of pyridine rings is 1. The van der Waals surface area contributed by atoms with Gasteiger partial charge < -0.3 is 25.0 Å². The Morgan fingerprint density at radius 2 is 1.84 bits per heavy atom. The fraction of sp³-hybridized carbons (Fsp3) is 0.435. The summed E-state index contributed by atoms with van der Waals surface area (Å²) in [6, 6.07) is 11.0. The number of hydrogen-bond donors (Lipinski definition) is 2. The highest BCUT2D eigenvalue weighted by molar-refractivity contribution is 5.99. The molecule has 0 spiro atoms. The van der Waals surface area contributed by atoms with Crippen molar-refractivity contribution < 1.29 is 19.1 Å². The molecule has 1 saturated heterocycles. The molecule has 32 heavy (non-hydrogen) atoms. The number of amides is 2. The van der Waals surface area contributed by atoms with Crippen molar-refractivity contribution in [2.75, 3.05) is 65.4 Å². The van der Waals surface area contributed by atoms with Gasteiger partial charge in [-0.2, -0.15) is 0 Å². The van der Waals surface area contributed by atoms with E-state index in [1.54, 1.807) is 37.4 Å². The molecule has 1 aliphatic heterocycles. The van der Waals surface area contributed by atoms with Crippen LogP contribution in [0.1, 0.15) is 16.8 Å². The van der Waals surface area contributed by atoms with Crippen LogP contribution in [0.15, 0.2) is 42.6 Å². The summed E-state index contributed by atoms with van der Waals surface area (Å²) in [4.78, 5) is 33.5. The van der Waals surface area contributed by atoms with E-state index in [1.807, 2.05) is 24.3 Å². The second kappa shape index (κ2) is 12.0. The van der Waals surface area contributed by atoms with Gasteiger partial charge in [0, 0.05) is 52.6 Å². The lowest BCUT2D eigenvalue weighted by Gasteiger charge is -2.34. The maximum absolute atomic E-state index is 13.2. The smallest absolute Gasteiger partial charge is 0.257 e. The van der Waals surface area contributed by atoms with Gasteiger partial charge in [0.25, 0.3) is 5.91 Å². The van der Waals surface area contributed by atoms with E-state index in [1.165, 1.54) is 0 Å². The van der Waals surface area contributed by atoms with Gasteiger partial charge in [-0.1, -0.05) is 12.1 Å². The number of carbonyl (C=O) groups excluding carboxylic acids is 2. The number of piperazine rings is 1. The molecule has 172 valence electrons. The number of benzene rings is 1. The van der Waals surface area contributed by atoms with E-state index in [2.05, 4.69) is 20.5 Å². The second-order valence-electron chi connectivity index (χ2n) is 7.49. The van der Waals surface area contributed by atoms with Gasteiger partial charge in [-0.25, -0.2) is 4.98 Å². The molecule has 1 aliphatic rings. The van der Waals surface area contributed by atoms with E-state index in [4.69, 9.17) is 9.47 Å². The van der Waals surface area contributed by atoms with Crippen molar-refractivity contribution in [2.24, 2.45) is 0 Å². The highest BCUT2D eigenvalue weighted by Crippen LogP contribution is 2.28. The lowest BCUT2D eigenvalue weighted by molar-refractivity contribution is -0.122. The number of hydrogen-bond acceptors (Lipinski definition) is 7. The highest BCUT2D eigenvalue weighted by atomic mass is 16.5. The van der Waals surface area contributed by atoms with E-state index in [-0.39, 0.29) is 11.8 Å². The molecule has 9 heteroatoms. The van der Waals surface area contributed by atoms with Crippen LogP contribution in [-0.4, -0.2) is 86.7 Å². The summed E-state index contributed by atoms with van der Waals surface area (Å²) in [6.07, 6.45) is 2.44. The molecule has 0 saturated carbocycles. The van der Waals surface area contributed by atoms with Gasteiger partial charge >= 0.3 is 0 Å². The largest absolute Gasteiger partial charge is 0.495 e.